The fourth-order valence-electron chi connectivity index (χ4n) is 5.22. The van der Waals surface area contributed by atoms with Gasteiger partial charge in [0.15, 0.2) is 0 Å². The lowest BCUT2D eigenvalue weighted by atomic mass is 9.85. The molecule has 0 amide bonds. The van der Waals surface area contributed by atoms with Crippen molar-refractivity contribution >= 4 is 34.6 Å². The predicted molar refractivity (Wildman–Crippen MR) is 136 cm³/mol. The molecule has 32 heavy (non-hydrogen) atoms. The molecule has 1 saturated heterocycles. The normalized spacial score (nSPS) is 23.2. The summed E-state index contributed by atoms with van der Waals surface area (Å²) < 4.78 is 0. The number of hydrogen-bond acceptors (Lipinski definition) is 4. The van der Waals surface area contributed by atoms with Gasteiger partial charge in [-0.1, -0.05) is 41.8 Å². The van der Waals surface area contributed by atoms with Crippen LogP contribution in [0.1, 0.15) is 49.8 Å². The molecular formula is C26H35Cl2N3O. The first kappa shape index (κ1) is 23.7. The molecule has 174 valence electrons. The Balaban J connectivity index is 1.39. The Bertz CT molecular complexity index is 914. The Labute approximate surface area is 202 Å². The first-order valence-electron chi connectivity index (χ1n) is 11.9. The third-order valence-electron chi connectivity index (χ3n) is 7.15. The largest absolute Gasteiger partial charge is 0.396 e. The Morgan fingerprint density at radius 1 is 1.03 bits per heavy atom. The summed E-state index contributed by atoms with van der Waals surface area (Å²) in [5.41, 5.74) is 4.37. The molecule has 0 radical (unpaired) electrons. The van der Waals surface area contributed by atoms with E-state index in [9.17, 15) is 5.11 Å². The van der Waals surface area contributed by atoms with Crippen molar-refractivity contribution in [3.8, 4) is 0 Å². The molecule has 2 aromatic rings. The van der Waals surface area contributed by atoms with Crippen molar-refractivity contribution in [2.24, 2.45) is 5.92 Å². The third kappa shape index (κ3) is 5.53. The molecule has 4 nitrogen and oxygen atoms in total. The molecule has 2 fully saturated rings. The van der Waals surface area contributed by atoms with Crippen LogP contribution in [0.25, 0.3) is 0 Å². The molecule has 1 aliphatic heterocycles. The van der Waals surface area contributed by atoms with Gasteiger partial charge in [0, 0.05) is 49.5 Å². The summed E-state index contributed by atoms with van der Waals surface area (Å²) in [6.45, 7) is 8.67. The van der Waals surface area contributed by atoms with Crippen LogP contribution >= 0.6 is 23.2 Å². The Kier molecular flexibility index (Phi) is 7.88. The predicted octanol–water partition coefficient (Wildman–Crippen LogP) is 6.15. The Hall–Kier alpha value is -1.46. The lowest BCUT2D eigenvalue weighted by Crippen LogP contribution is -2.51. The van der Waals surface area contributed by atoms with Crippen molar-refractivity contribution in [2.45, 2.75) is 51.6 Å². The van der Waals surface area contributed by atoms with E-state index < -0.39 is 0 Å². The number of nitrogens with zero attached hydrogens (tertiary/aromatic N) is 2. The molecule has 2 N–H and O–H groups in total. The van der Waals surface area contributed by atoms with E-state index in [4.69, 9.17) is 23.2 Å². The molecule has 1 saturated carbocycles. The van der Waals surface area contributed by atoms with E-state index in [-0.39, 0.29) is 6.04 Å². The van der Waals surface area contributed by atoms with Gasteiger partial charge in [-0.3, -0.25) is 4.90 Å². The number of aryl methyl sites for hydroxylation is 1. The smallest absolute Gasteiger partial charge is 0.0639 e. The van der Waals surface area contributed by atoms with E-state index in [1.165, 1.54) is 24.9 Å². The van der Waals surface area contributed by atoms with Crippen molar-refractivity contribution in [2.75, 3.05) is 43.0 Å². The third-order valence-corrected chi connectivity index (χ3v) is 7.81. The van der Waals surface area contributed by atoms with Gasteiger partial charge in [0.05, 0.1) is 16.8 Å². The number of benzene rings is 2. The minimum atomic E-state index is 0.0541. The van der Waals surface area contributed by atoms with Crippen LogP contribution in [0, 0.1) is 12.8 Å². The van der Waals surface area contributed by atoms with Crippen LogP contribution in [-0.4, -0.2) is 48.8 Å². The first-order chi connectivity index (χ1) is 15.4. The van der Waals surface area contributed by atoms with Crippen molar-refractivity contribution in [1.82, 2.24) is 4.90 Å². The van der Waals surface area contributed by atoms with Crippen LogP contribution in [0.4, 0.5) is 11.4 Å². The van der Waals surface area contributed by atoms with Crippen LogP contribution in [0.3, 0.4) is 0 Å². The van der Waals surface area contributed by atoms with Gasteiger partial charge in [0.2, 0.25) is 0 Å². The highest BCUT2D eigenvalue weighted by Crippen LogP contribution is 2.34. The molecule has 6 heteroatoms. The number of piperazine rings is 1. The maximum atomic E-state index is 9.56. The zero-order chi connectivity index (χ0) is 22.7. The van der Waals surface area contributed by atoms with E-state index >= 15 is 0 Å². The van der Waals surface area contributed by atoms with Crippen molar-refractivity contribution in [1.29, 1.82) is 0 Å². The number of anilines is 2. The minimum absolute atomic E-state index is 0.0541. The SMILES string of the molecule is Cc1ccc(C(C)Nc2cc(N3CCN([C@@H]4CCC[C@@H](CO)C4)CC3)ccc2Cl)c(Cl)c1. The second-order valence-electron chi connectivity index (χ2n) is 9.45. The van der Waals surface area contributed by atoms with Crippen molar-refractivity contribution in [3.63, 3.8) is 0 Å². The Morgan fingerprint density at radius 3 is 2.53 bits per heavy atom. The van der Waals surface area contributed by atoms with Crippen LogP contribution in [0.5, 0.6) is 0 Å². The lowest BCUT2D eigenvalue weighted by molar-refractivity contribution is 0.0961. The molecule has 1 unspecified atom stereocenters. The van der Waals surface area contributed by atoms with Crippen LogP contribution in [-0.2, 0) is 0 Å². The summed E-state index contributed by atoms with van der Waals surface area (Å²) in [5.74, 6) is 0.487. The average molecular weight is 476 g/mol. The highest BCUT2D eigenvalue weighted by atomic mass is 35.5. The van der Waals surface area contributed by atoms with Crippen molar-refractivity contribution < 1.29 is 5.11 Å². The van der Waals surface area contributed by atoms with Gasteiger partial charge < -0.3 is 15.3 Å². The average Bonchev–Trinajstić information content (AvgIpc) is 2.80. The Morgan fingerprint density at radius 2 is 1.81 bits per heavy atom. The van der Waals surface area contributed by atoms with Gasteiger partial charge in [-0.2, -0.15) is 0 Å². The summed E-state index contributed by atoms with van der Waals surface area (Å²) in [5, 5.41) is 14.6. The zero-order valence-corrected chi connectivity index (χ0v) is 20.7. The van der Waals surface area contributed by atoms with Crippen LogP contribution in [0.2, 0.25) is 10.0 Å². The van der Waals surface area contributed by atoms with Crippen LogP contribution < -0.4 is 10.2 Å². The maximum Gasteiger partial charge on any atom is 0.0639 e. The van der Waals surface area contributed by atoms with Gasteiger partial charge in [-0.25, -0.2) is 0 Å². The van der Waals surface area contributed by atoms with E-state index in [1.54, 1.807) is 0 Å². The van der Waals surface area contributed by atoms with E-state index in [1.807, 2.05) is 19.1 Å². The van der Waals surface area contributed by atoms with Gasteiger partial charge >= 0.3 is 0 Å². The molecular weight excluding hydrogens is 441 g/mol. The number of halogens is 2. The molecule has 1 aliphatic carbocycles. The van der Waals surface area contributed by atoms with Crippen LogP contribution in [0.15, 0.2) is 36.4 Å². The van der Waals surface area contributed by atoms with Gasteiger partial charge in [-0.15, -0.1) is 0 Å². The highest BCUT2D eigenvalue weighted by Gasteiger charge is 2.29. The molecule has 3 atom stereocenters. The van der Waals surface area contributed by atoms with E-state index in [0.717, 1.165) is 59.5 Å². The fourth-order valence-corrected chi connectivity index (χ4v) is 5.79. The first-order valence-corrected chi connectivity index (χ1v) is 12.6. The zero-order valence-electron chi connectivity index (χ0n) is 19.2. The van der Waals surface area contributed by atoms with Gasteiger partial charge in [0.25, 0.3) is 0 Å². The van der Waals surface area contributed by atoms with Crippen molar-refractivity contribution in [3.05, 3.63) is 57.6 Å². The molecule has 0 bridgehead atoms. The lowest BCUT2D eigenvalue weighted by Gasteiger charge is -2.43. The number of aliphatic hydroxyl groups is 1. The topological polar surface area (TPSA) is 38.7 Å². The maximum absolute atomic E-state index is 9.56. The molecule has 0 spiro atoms. The molecule has 2 aliphatic rings. The monoisotopic (exact) mass is 475 g/mol. The minimum Gasteiger partial charge on any atom is -0.396 e. The molecule has 2 aromatic carbocycles. The summed E-state index contributed by atoms with van der Waals surface area (Å²) in [7, 11) is 0. The molecule has 4 rings (SSSR count). The van der Waals surface area contributed by atoms with Gasteiger partial charge in [0.1, 0.15) is 0 Å². The summed E-state index contributed by atoms with van der Waals surface area (Å²) >= 11 is 13.0. The fraction of sp³-hybridized carbons (Fsp3) is 0.538. The number of aliphatic hydroxyl groups excluding tert-OH is 1. The van der Waals surface area contributed by atoms with E-state index in [2.05, 4.69) is 46.3 Å². The molecule has 1 heterocycles. The van der Waals surface area contributed by atoms with Gasteiger partial charge in [-0.05, 0) is 74.4 Å². The summed E-state index contributed by atoms with van der Waals surface area (Å²) in [6, 6.07) is 13.1. The summed E-state index contributed by atoms with van der Waals surface area (Å²) in [6.07, 6.45) is 4.83. The standard InChI is InChI=1S/C26H35Cl2N3O/c1-18-6-8-23(25(28)14-18)19(2)29-26-16-22(7-9-24(26)27)31-12-10-30(11-13-31)21-5-3-4-20(15-21)17-32/h6-9,14,16,19-21,29,32H,3-5,10-13,15,17H2,1-2H3/t19?,20-,21-/m1/s1. The van der Waals surface area contributed by atoms with E-state index in [0.29, 0.717) is 18.6 Å². The number of rotatable bonds is 6. The highest BCUT2D eigenvalue weighted by molar-refractivity contribution is 6.33. The summed E-state index contributed by atoms with van der Waals surface area (Å²) in [4.78, 5) is 5.09. The quantitative estimate of drug-likeness (QED) is 0.525. The second-order valence-corrected chi connectivity index (χ2v) is 10.3. The number of hydrogen-bond donors (Lipinski definition) is 2. The number of nitrogens with one attached hydrogen (secondary N) is 1. The second kappa shape index (κ2) is 10.6. The molecule has 0 aromatic heterocycles.